The lowest BCUT2D eigenvalue weighted by molar-refractivity contribution is -0.0271. The van der Waals surface area contributed by atoms with E-state index in [1.165, 1.54) is 11.1 Å². The summed E-state index contributed by atoms with van der Waals surface area (Å²) in [7, 11) is 0. The minimum Gasteiger partial charge on any atom is -0.386 e. The average Bonchev–Trinajstić information content (AvgIpc) is 2.93. The van der Waals surface area contributed by atoms with Gasteiger partial charge < -0.3 is 14.6 Å². The maximum absolute atomic E-state index is 10.1. The molecular weight excluding hydrogens is 230 g/mol. The topological polar surface area (TPSA) is 50.7 Å². The molecule has 4 unspecified atom stereocenters. The van der Waals surface area contributed by atoms with Crippen molar-refractivity contribution < 1.29 is 14.6 Å². The second-order valence-electron chi connectivity index (χ2n) is 5.08. The van der Waals surface area contributed by atoms with E-state index in [2.05, 4.69) is 36.5 Å². The highest BCUT2D eigenvalue weighted by molar-refractivity contribution is 5.21. The number of ether oxygens (including phenoxy) is 2. The Morgan fingerprint density at radius 1 is 1.33 bits per heavy atom. The third-order valence-electron chi connectivity index (χ3n) is 3.68. The van der Waals surface area contributed by atoms with Crippen LogP contribution in [0.4, 0.5) is 0 Å². The average molecular weight is 249 g/mol. The molecular formula is C14H19NO3. The molecule has 0 radical (unpaired) electrons. The Bertz CT molecular complexity index is 406. The first-order valence-corrected chi connectivity index (χ1v) is 6.48. The van der Waals surface area contributed by atoms with Crippen molar-refractivity contribution >= 4 is 0 Å². The van der Waals surface area contributed by atoms with Crippen molar-refractivity contribution in [3.63, 3.8) is 0 Å². The Morgan fingerprint density at radius 2 is 2.11 bits per heavy atom. The van der Waals surface area contributed by atoms with Crippen LogP contribution in [0.5, 0.6) is 0 Å². The fourth-order valence-corrected chi connectivity index (χ4v) is 2.59. The third kappa shape index (κ3) is 2.29. The van der Waals surface area contributed by atoms with Crippen LogP contribution in [0.3, 0.4) is 0 Å². The minimum absolute atomic E-state index is 0.0514. The standard InChI is InChI=1S/C14H19NO3/c1-9-2-4-10(5-3-9)8-15-14-12(16)13-11(18-14)6-7-17-13/h2-5,11-16H,6-8H2,1H3. The molecule has 3 rings (SSSR count). The van der Waals surface area contributed by atoms with E-state index in [0.29, 0.717) is 13.2 Å². The molecule has 2 heterocycles. The van der Waals surface area contributed by atoms with E-state index < -0.39 is 6.10 Å². The van der Waals surface area contributed by atoms with Gasteiger partial charge in [-0.05, 0) is 18.9 Å². The summed E-state index contributed by atoms with van der Waals surface area (Å²) in [4.78, 5) is 0. The monoisotopic (exact) mass is 249 g/mol. The van der Waals surface area contributed by atoms with Gasteiger partial charge in [0.1, 0.15) is 18.4 Å². The molecule has 0 aromatic heterocycles. The Labute approximate surface area is 107 Å². The van der Waals surface area contributed by atoms with Crippen LogP contribution in [0, 0.1) is 6.92 Å². The van der Waals surface area contributed by atoms with Crippen LogP contribution in [-0.4, -0.2) is 36.3 Å². The molecule has 0 amide bonds. The van der Waals surface area contributed by atoms with Gasteiger partial charge in [0.15, 0.2) is 0 Å². The number of aliphatic hydroxyl groups is 1. The smallest absolute Gasteiger partial charge is 0.137 e. The fraction of sp³-hybridized carbons (Fsp3) is 0.571. The summed E-state index contributed by atoms with van der Waals surface area (Å²) >= 11 is 0. The largest absolute Gasteiger partial charge is 0.386 e. The predicted octanol–water partition coefficient (Wildman–Crippen LogP) is 0.959. The molecule has 1 aromatic rings. The maximum atomic E-state index is 10.1. The lowest BCUT2D eigenvalue weighted by atomic mass is 10.1. The number of fused-ring (bicyclic) bond motifs is 1. The second kappa shape index (κ2) is 4.97. The lowest BCUT2D eigenvalue weighted by Gasteiger charge is -2.18. The second-order valence-corrected chi connectivity index (χ2v) is 5.08. The van der Waals surface area contributed by atoms with Gasteiger partial charge >= 0.3 is 0 Å². The molecule has 0 aliphatic carbocycles. The van der Waals surface area contributed by atoms with Gasteiger partial charge in [0.05, 0.1) is 6.10 Å². The molecule has 4 nitrogen and oxygen atoms in total. The zero-order chi connectivity index (χ0) is 12.5. The van der Waals surface area contributed by atoms with Gasteiger partial charge in [-0.3, -0.25) is 5.32 Å². The maximum Gasteiger partial charge on any atom is 0.137 e. The number of rotatable bonds is 3. The number of hydrogen-bond acceptors (Lipinski definition) is 4. The van der Waals surface area contributed by atoms with Crippen LogP contribution in [0.1, 0.15) is 17.5 Å². The van der Waals surface area contributed by atoms with E-state index in [-0.39, 0.29) is 18.4 Å². The molecule has 18 heavy (non-hydrogen) atoms. The molecule has 2 saturated heterocycles. The van der Waals surface area contributed by atoms with Gasteiger partial charge in [-0.1, -0.05) is 29.8 Å². The van der Waals surface area contributed by atoms with Gasteiger partial charge in [0.2, 0.25) is 0 Å². The van der Waals surface area contributed by atoms with E-state index in [9.17, 15) is 5.11 Å². The van der Waals surface area contributed by atoms with E-state index in [4.69, 9.17) is 9.47 Å². The number of benzene rings is 1. The molecule has 0 saturated carbocycles. The quantitative estimate of drug-likeness (QED) is 0.838. The van der Waals surface area contributed by atoms with E-state index >= 15 is 0 Å². The van der Waals surface area contributed by atoms with Gasteiger partial charge in [-0.25, -0.2) is 0 Å². The first kappa shape index (κ1) is 12.1. The summed E-state index contributed by atoms with van der Waals surface area (Å²) in [6, 6.07) is 8.34. The van der Waals surface area contributed by atoms with Crippen LogP contribution in [0.25, 0.3) is 0 Å². The SMILES string of the molecule is Cc1ccc(CNC2OC3CCOC3C2O)cc1. The number of aryl methyl sites for hydroxylation is 1. The Hall–Kier alpha value is -0.940. The van der Waals surface area contributed by atoms with Crippen molar-refractivity contribution in [2.45, 2.75) is 44.4 Å². The number of aliphatic hydroxyl groups excluding tert-OH is 1. The van der Waals surface area contributed by atoms with Gasteiger partial charge in [-0.15, -0.1) is 0 Å². The summed E-state index contributed by atoms with van der Waals surface area (Å²) in [6.07, 6.45) is -0.106. The highest BCUT2D eigenvalue weighted by Crippen LogP contribution is 2.29. The predicted molar refractivity (Wildman–Crippen MR) is 67.0 cm³/mol. The lowest BCUT2D eigenvalue weighted by Crippen LogP contribution is -2.40. The van der Waals surface area contributed by atoms with Crippen LogP contribution in [0.15, 0.2) is 24.3 Å². The highest BCUT2D eigenvalue weighted by atomic mass is 16.6. The molecule has 4 heteroatoms. The van der Waals surface area contributed by atoms with Crippen molar-refractivity contribution in [1.82, 2.24) is 5.32 Å². The molecule has 0 spiro atoms. The molecule has 2 aliphatic rings. The van der Waals surface area contributed by atoms with Crippen molar-refractivity contribution in [3.8, 4) is 0 Å². The van der Waals surface area contributed by atoms with Crippen LogP contribution in [0.2, 0.25) is 0 Å². The van der Waals surface area contributed by atoms with Gasteiger partial charge in [0.25, 0.3) is 0 Å². The van der Waals surface area contributed by atoms with Crippen molar-refractivity contribution in [1.29, 1.82) is 0 Å². The Kier molecular flexibility index (Phi) is 3.35. The zero-order valence-corrected chi connectivity index (χ0v) is 10.5. The molecule has 1 aromatic carbocycles. The van der Waals surface area contributed by atoms with E-state index in [1.807, 2.05) is 0 Å². The molecule has 4 atom stereocenters. The Balaban J connectivity index is 1.56. The highest BCUT2D eigenvalue weighted by Gasteiger charge is 2.46. The van der Waals surface area contributed by atoms with E-state index in [0.717, 1.165) is 6.42 Å². The van der Waals surface area contributed by atoms with Crippen LogP contribution >= 0.6 is 0 Å². The van der Waals surface area contributed by atoms with Gasteiger partial charge in [0, 0.05) is 13.2 Å². The molecule has 0 bridgehead atoms. The third-order valence-corrected chi connectivity index (χ3v) is 3.68. The van der Waals surface area contributed by atoms with Crippen molar-refractivity contribution in [3.05, 3.63) is 35.4 Å². The van der Waals surface area contributed by atoms with Crippen molar-refractivity contribution in [2.75, 3.05) is 6.61 Å². The summed E-state index contributed by atoms with van der Waals surface area (Å²) < 4.78 is 11.2. The normalized spacial score (nSPS) is 34.8. The number of hydrogen-bond donors (Lipinski definition) is 2. The minimum atomic E-state index is -0.567. The van der Waals surface area contributed by atoms with Gasteiger partial charge in [-0.2, -0.15) is 0 Å². The van der Waals surface area contributed by atoms with Crippen molar-refractivity contribution in [2.24, 2.45) is 0 Å². The molecule has 2 aliphatic heterocycles. The summed E-state index contributed by atoms with van der Waals surface area (Å²) in [5.74, 6) is 0. The summed E-state index contributed by atoms with van der Waals surface area (Å²) in [5, 5.41) is 13.3. The van der Waals surface area contributed by atoms with E-state index in [1.54, 1.807) is 0 Å². The zero-order valence-electron chi connectivity index (χ0n) is 10.5. The van der Waals surface area contributed by atoms with Crippen LogP contribution in [-0.2, 0) is 16.0 Å². The molecule has 98 valence electrons. The van der Waals surface area contributed by atoms with Crippen LogP contribution < -0.4 is 5.32 Å². The fourth-order valence-electron chi connectivity index (χ4n) is 2.59. The molecule has 2 N–H and O–H groups in total. The molecule has 2 fully saturated rings. The first-order chi connectivity index (χ1) is 8.74. The first-order valence-electron chi connectivity index (χ1n) is 6.48. The Morgan fingerprint density at radius 3 is 2.83 bits per heavy atom. The summed E-state index contributed by atoms with van der Waals surface area (Å²) in [5.41, 5.74) is 2.44. The number of nitrogens with one attached hydrogen (secondary N) is 1. The summed E-state index contributed by atoms with van der Waals surface area (Å²) in [6.45, 7) is 3.46.